The van der Waals surface area contributed by atoms with Crippen LogP contribution >= 0.6 is 0 Å². The molecule has 2 aromatic rings. The van der Waals surface area contributed by atoms with Crippen molar-refractivity contribution in [2.45, 2.75) is 43.9 Å². The number of carbonyl (C=O) groups is 1. The summed E-state index contributed by atoms with van der Waals surface area (Å²) in [5, 5.41) is 2.95. The minimum atomic E-state index is -3.56. The topological polar surface area (TPSA) is 66.5 Å². The number of rotatable bonds is 6. The Morgan fingerprint density at radius 2 is 1.75 bits per heavy atom. The predicted octanol–water partition coefficient (Wildman–Crippen LogP) is 3.70. The SMILES string of the molecule is Cc1ccc(S(=O)(=O)N2CCCCC2)cc1C(=O)NC[C@@H](C)c1ccccc1. The van der Waals surface area contributed by atoms with Crippen molar-refractivity contribution in [3.8, 4) is 0 Å². The largest absolute Gasteiger partial charge is 0.351 e. The van der Waals surface area contributed by atoms with Crippen LogP contribution in [0.3, 0.4) is 0 Å². The van der Waals surface area contributed by atoms with Crippen molar-refractivity contribution < 1.29 is 13.2 Å². The van der Waals surface area contributed by atoms with Gasteiger partial charge in [0.15, 0.2) is 0 Å². The molecule has 1 fully saturated rings. The highest BCUT2D eigenvalue weighted by molar-refractivity contribution is 7.89. The number of amides is 1. The molecule has 1 atom stereocenters. The molecule has 3 rings (SSSR count). The van der Waals surface area contributed by atoms with Crippen LogP contribution in [0.5, 0.6) is 0 Å². The second kappa shape index (κ2) is 8.88. The summed E-state index contributed by atoms with van der Waals surface area (Å²) in [5.41, 5.74) is 2.33. The molecule has 2 aromatic carbocycles. The maximum absolute atomic E-state index is 12.9. The van der Waals surface area contributed by atoms with Crippen LogP contribution in [0, 0.1) is 6.92 Å². The van der Waals surface area contributed by atoms with Gasteiger partial charge in [0.1, 0.15) is 0 Å². The lowest BCUT2D eigenvalue weighted by Gasteiger charge is -2.26. The molecule has 150 valence electrons. The minimum Gasteiger partial charge on any atom is -0.351 e. The van der Waals surface area contributed by atoms with E-state index in [-0.39, 0.29) is 16.7 Å². The zero-order valence-corrected chi connectivity index (χ0v) is 17.3. The van der Waals surface area contributed by atoms with Crippen molar-refractivity contribution >= 4 is 15.9 Å². The van der Waals surface area contributed by atoms with E-state index in [9.17, 15) is 13.2 Å². The van der Waals surface area contributed by atoms with Crippen molar-refractivity contribution in [1.29, 1.82) is 0 Å². The van der Waals surface area contributed by atoms with Gasteiger partial charge in [0.25, 0.3) is 5.91 Å². The first-order valence-electron chi connectivity index (χ1n) is 9.83. The number of nitrogens with one attached hydrogen (secondary N) is 1. The van der Waals surface area contributed by atoms with Crippen molar-refractivity contribution in [3.63, 3.8) is 0 Å². The maximum Gasteiger partial charge on any atom is 0.251 e. The van der Waals surface area contributed by atoms with Crippen molar-refractivity contribution in [3.05, 3.63) is 65.2 Å². The van der Waals surface area contributed by atoms with E-state index >= 15 is 0 Å². The molecule has 6 heteroatoms. The van der Waals surface area contributed by atoms with Crippen LogP contribution in [-0.4, -0.2) is 38.3 Å². The number of hydrogen-bond acceptors (Lipinski definition) is 3. The van der Waals surface area contributed by atoms with Gasteiger partial charge in [0.05, 0.1) is 4.90 Å². The number of benzene rings is 2. The Morgan fingerprint density at radius 1 is 1.07 bits per heavy atom. The summed E-state index contributed by atoms with van der Waals surface area (Å²) in [4.78, 5) is 12.9. The van der Waals surface area contributed by atoms with Crippen molar-refractivity contribution in [2.75, 3.05) is 19.6 Å². The summed E-state index contributed by atoms with van der Waals surface area (Å²) in [6, 6.07) is 14.8. The Morgan fingerprint density at radius 3 is 2.43 bits per heavy atom. The molecule has 0 aliphatic carbocycles. The van der Waals surface area contributed by atoms with Crippen LogP contribution in [0.15, 0.2) is 53.4 Å². The molecule has 0 bridgehead atoms. The molecule has 0 aromatic heterocycles. The molecule has 0 unspecified atom stereocenters. The van der Waals surface area contributed by atoms with Crippen LogP contribution in [0.25, 0.3) is 0 Å². The number of piperidine rings is 1. The monoisotopic (exact) mass is 400 g/mol. The molecule has 0 radical (unpaired) electrons. The highest BCUT2D eigenvalue weighted by Crippen LogP contribution is 2.23. The highest BCUT2D eigenvalue weighted by Gasteiger charge is 2.27. The normalized spacial score (nSPS) is 16.5. The minimum absolute atomic E-state index is 0.172. The van der Waals surface area contributed by atoms with E-state index in [1.807, 2.05) is 37.3 Å². The quantitative estimate of drug-likeness (QED) is 0.804. The number of carbonyl (C=O) groups excluding carboxylic acids is 1. The van der Waals surface area contributed by atoms with Gasteiger partial charge in [-0.25, -0.2) is 8.42 Å². The zero-order valence-electron chi connectivity index (χ0n) is 16.5. The third kappa shape index (κ3) is 4.62. The Hall–Kier alpha value is -2.18. The van der Waals surface area contributed by atoms with Crippen LogP contribution in [0.2, 0.25) is 0 Å². The summed E-state index contributed by atoms with van der Waals surface area (Å²) in [5.74, 6) is -0.0679. The molecular formula is C22H28N2O3S. The average molecular weight is 401 g/mol. The van der Waals surface area contributed by atoms with Gasteiger partial charge in [0, 0.05) is 25.2 Å². The third-order valence-corrected chi connectivity index (χ3v) is 7.24. The van der Waals surface area contributed by atoms with Gasteiger partial charge < -0.3 is 5.32 Å². The molecule has 1 N–H and O–H groups in total. The second-order valence-electron chi connectivity index (χ2n) is 7.46. The van der Waals surface area contributed by atoms with Crippen LogP contribution in [0.4, 0.5) is 0 Å². The molecular weight excluding hydrogens is 372 g/mol. The van der Waals surface area contributed by atoms with Crippen LogP contribution < -0.4 is 5.32 Å². The fourth-order valence-corrected chi connectivity index (χ4v) is 5.04. The molecule has 1 heterocycles. The molecule has 1 aliphatic rings. The van der Waals surface area contributed by atoms with Gasteiger partial charge in [-0.15, -0.1) is 0 Å². The van der Waals surface area contributed by atoms with Gasteiger partial charge in [0.2, 0.25) is 10.0 Å². The first-order chi connectivity index (χ1) is 13.4. The molecule has 1 aliphatic heterocycles. The molecule has 1 amide bonds. The van der Waals surface area contributed by atoms with Crippen molar-refractivity contribution in [2.24, 2.45) is 0 Å². The Kier molecular flexibility index (Phi) is 6.52. The van der Waals surface area contributed by atoms with Gasteiger partial charge >= 0.3 is 0 Å². The Labute approximate surface area is 167 Å². The first-order valence-corrected chi connectivity index (χ1v) is 11.3. The molecule has 0 spiro atoms. The lowest BCUT2D eigenvalue weighted by Crippen LogP contribution is -2.36. The molecule has 5 nitrogen and oxygen atoms in total. The Balaban J connectivity index is 1.74. The van der Waals surface area contributed by atoms with Gasteiger partial charge in [-0.2, -0.15) is 4.31 Å². The third-order valence-electron chi connectivity index (χ3n) is 5.34. The Bertz CT molecular complexity index is 920. The predicted molar refractivity (Wildman–Crippen MR) is 111 cm³/mol. The van der Waals surface area contributed by atoms with E-state index < -0.39 is 10.0 Å². The van der Waals surface area contributed by atoms with Gasteiger partial charge in [-0.05, 0) is 48.9 Å². The lowest BCUT2D eigenvalue weighted by atomic mass is 10.0. The first kappa shape index (κ1) is 20.6. The summed E-state index contributed by atoms with van der Waals surface area (Å²) >= 11 is 0. The van der Waals surface area contributed by atoms with E-state index in [0.717, 1.165) is 30.4 Å². The van der Waals surface area contributed by atoms with Gasteiger partial charge in [-0.1, -0.05) is 49.7 Å². The smallest absolute Gasteiger partial charge is 0.251 e. The van der Waals surface area contributed by atoms with Crippen LogP contribution in [-0.2, 0) is 10.0 Å². The number of hydrogen-bond donors (Lipinski definition) is 1. The summed E-state index contributed by atoms with van der Waals surface area (Å²) < 4.78 is 27.4. The molecule has 28 heavy (non-hydrogen) atoms. The fourth-order valence-electron chi connectivity index (χ4n) is 3.50. The second-order valence-corrected chi connectivity index (χ2v) is 9.40. The highest BCUT2D eigenvalue weighted by atomic mass is 32.2. The number of nitrogens with zero attached hydrogens (tertiary/aromatic N) is 1. The van der Waals surface area contributed by atoms with E-state index in [1.165, 1.54) is 10.4 Å². The molecule has 1 saturated heterocycles. The molecule has 0 saturated carbocycles. The average Bonchev–Trinajstić information content (AvgIpc) is 2.73. The summed E-state index contributed by atoms with van der Waals surface area (Å²) in [7, 11) is -3.56. The van der Waals surface area contributed by atoms with E-state index in [1.54, 1.807) is 12.1 Å². The zero-order chi connectivity index (χ0) is 20.1. The van der Waals surface area contributed by atoms with Gasteiger partial charge in [-0.3, -0.25) is 4.79 Å². The number of aryl methyl sites for hydroxylation is 1. The lowest BCUT2D eigenvalue weighted by molar-refractivity contribution is 0.0951. The summed E-state index contributed by atoms with van der Waals surface area (Å²) in [6.45, 7) is 5.47. The van der Waals surface area contributed by atoms with Crippen LogP contribution in [0.1, 0.15) is 53.6 Å². The number of sulfonamides is 1. The van der Waals surface area contributed by atoms with E-state index in [4.69, 9.17) is 0 Å². The fraction of sp³-hybridized carbons (Fsp3) is 0.409. The summed E-state index contributed by atoms with van der Waals surface area (Å²) in [6.07, 6.45) is 2.83. The van der Waals surface area contributed by atoms with E-state index in [0.29, 0.717) is 25.2 Å². The maximum atomic E-state index is 12.9. The standard InChI is InChI=1S/C22H28N2O3S/c1-17-11-12-20(28(26,27)24-13-7-4-8-14-24)15-21(17)22(25)23-16-18(2)19-9-5-3-6-10-19/h3,5-6,9-12,15,18H,4,7-8,13-14,16H2,1-2H3,(H,23,25)/t18-/m1/s1. The van der Waals surface area contributed by atoms with Crippen molar-refractivity contribution in [1.82, 2.24) is 9.62 Å². The van der Waals surface area contributed by atoms with E-state index in [2.05, 4.69) is 12.2 Å².